The zero-order chi connectivity index (χ0) is 17.2. The number of thiocarbonyl (C=S) groups is 1. The standard InChI is InChI=1S/C17H25N3O2S2/c1-14-6-2-3-13-20(14)17(23)18-15-7-9-16(10-8-15)24(21,22)19-11-4-5-12-19/h7-10,14H,2-6,11-13H2,1H3,(H,18,23)/t14-/m1/s1. The van der Waals surface area contributed by atoms with E-state index >= 15 is 0 Å². The van der Waals surface area contributed by atoms with Crippen LogP contribution in [-0.4, -0.2) is 48.4 Å². The molecule has 3 rings (SSSR count). The van der Waals surface area contributed by atoms with Crippen molar-refractivity contribution < 1.29 is 8.42 Å². The van der Waals surface area contributed by atoms with Gasteiger partial charge < -0.3 is 10.2 Å². The van der Waals surface area contributed by atoms with Gasteiger partial charge in [0.1, 0.15) is 0 Å². The molecule has 5 nitrogen and oxygen atoms in total. The number of rotatable bonds is 3. The minimum atomic E-state index is -3.35. The van der Waals surface area contributed by atoms with E-state index in [1.807, 2.05) is 0 Å². The molecule has 0 aromatic heterocycles. The van der Waals surface area contributed by atoms with E-state index in [0.29, 0.717) is 24.0 Å². The smallest absolute Gasteiger partial charge is 0.243 e. The van der Waals surface area contributed by atoms with Crippen molar-refractivity contribution in [2.75, 3.05) is 25.0 Å². The number of hydrogen-bond acceptors (Lipinski definition) is 3. The minimum Gasteiger partial charge on any atom is -0.346 e. The van der Waals surface area contributed by atoms with Crippen LogP contribution >= 0.6 is 12.2 Å². The quantitative estimate of drug-likeness (QED) is 0.832. The van der Waals surface area contributed by atoms with Gasteiger partial charge in [0.15, 0.2) is 5.11 Å². The first-order valence-corrected chi connectivity index (χ1v) is 10.5. The molecule has 2 heterocycles. The number of nitrogens with zero attached hydrogens (tertiary/aromatic N) is 2. The predicted octanol–water partition coefficient (Wildman–Crippen LogP) is 3.04. The van der Waals surface area contributed by atoms with Crippen molar-refractivity contribution in [1.82, 2.24) is 9.21 Å². The first kappa shape index (κ1) is 17.6. The molecule has 2 fully saturated rings. The first-order valence-electron chi connectivity index (χ1n) is 8.66. The molecule has 0 spiro atoms. The molecule has 1 aromatic carbocycles. The van der Waals surface area contributed by atoms with E-state index in [0.717, 1.165) is 36.6 Å². The van der Waals surface area contributed by atoms with Crippen LogP contribution in [-0.2, 0) is 10.0 Å². The van der Waals surface area contributed by atoms with Crippen molar-refractivity contribution in [3.63, 3.8) is 0 Å². The van der Waals surface area contributed by atoms with Crippen molar-refractivity contribution in [3.05, 3.63) is 24.3 Å². The lowest BCUT2D eigenvalue weighted by molar-refractivity contribution is 0.262. The summed E-state index contributed by atoms with van der Waals surface area (Å²) in [4.78, 5) is 2.57. The van der Waals surface area contributed by atoms with Crippen LogP contribution in [0.3, 0.4) is 0 Å². The molecule has 0 bridgehead atoms. The Morgan fingerprint density at radius 2 is 1.71 bits per heavy atom. The zero-order valence-electron chi connectivity index (χ0n) is 14.1. The van der Waals surface area contributed by atoms with Crippen LogP contribution in [0.25, 0.3) is 0 Å². The van der Waals surface area contributed by atoms with E-state index < -0.39 is 10.0 Å². The second-order valence-corrected chi connectivity index (χ2v) is 8.93. The molecule has 0 amide bonds. The average molecular weight is 368 g/mol. The minimum absolute atomic E-state index is 0.354. The normalized spacial score (nSPS) is 22.5. The predicted molar refractivity (Wildman–Crippen MR) is 101 cm³/mol. The molecule has 1 atom stereocenters. The van der Waals surface area contributed by atoms with Crippen molar-refractivity contribution in [1.29, 1.82) is 0 Å². The average Bonchev–Trinajstić information content (AvgIpc) is 3.11. The Balaban J connectivity index is 1.67. The number of piperidine rings is 1. The fourth-order valence-corrected chi connectivity index (χ4v) is 5.29. The maximum absolute atomic E-state index is 12.5. The highest BCUT2D eigenvalue weighted by Gasteiger charge is 2.27. The molecule has 0 unspecified atom stereocenters. The number of anilines is 1. The summed E-state index contributed by atoms with van der Waals surface area (Å²) >= 11 is 5.52. The summed E-state index contributed by atoms with van der Waals surface area (Å²) in [6.07, 6.45) is 5.47. The number of likely N-dealkylation sites (tertiary alicyclic amines) is 1. The van der Waals surface area contributed by atoms with E-state index in [1.165, 1.54) is 12.8 Å². The first-order chi connectivity index (χ1) is 11.5. The molecule has 2 aliphatic heterocycles. The summed E-state index contributed by atoms with van der Waals surface area (Å²) in [6.45, 7) is 4.42. The molecule has 2 saturated heterocycles. The van der Waals surface area contributed by atoms with Crippen molar-refractivity contribution in [2.24, 2.45) is 0 Å². The summed E-state index contributed by atoms with van der Waals surface area (Å²) in [7, 11) is -3.35. The Labute approximate surface area is 150 Å². The summed E-state index contributed by atoms with van der Waals surface area (Å²) in [6, 6.07) is 7.37. The lowest BCUT2D eigenvalue weighted by Gasteiger charge is -2.35. The van der Waals surface area contributed by atoms with Gasteiger partial charge in [0.25, 0.3) is 0 Å². The second-order valence-electron chi connectivity index (χ2n) is 6.60. The highest BCUT2D eigenvalue weighted by atomic mass is 32.2. The van der Waals surface area contributed by atoms with Crippen LogP contribution in [0.15, 0.2) is 29.2 Å². The van der Waals surface area contributed by atoms with Crippen LogP contribution < -0.4 is 5.32 Å². The van der Waals surface area contributed by atoms with Gasteiger partial charge in [-0.2, -0.15) is 4.31 Å². The fourth-order valence-electron chi connectivity index (χ4n) is 3.38. The SMILES string of the molecule is C[C@@H]1CCCCN1C(=S)Nc1ccc(S(=O)(=O)N2CCCC2)cc1. The summed E-state index contributed by atoms with van der Waals surface area (Å²) in [5.74, 6) is 0. The van der Waals surface area contributed by atoms with Crippen LogP contribution in [0.1, 0.15) is 39.0 Å². The number of benzene rings is 1. The van der Waals surface area contributed by atoms with Gasteiger partial charge in [-0.05, 0) is 75.5 Å². The van der Waals surface area contributed by atoms with Crippen LogP contribution in [0.5, 0.6) is 0 Å². The third-order valence-corrected chi connectivity index (χ3v) is 7.12. The summed E-state index contributed by atoms with van der Waals surface area (Å²) < 4.78 is 26.6. The van der Waals surface area contributed by atoms with E-state index in [2.05, 4.69) is 17.1 Å². The Hall–Kier alpha value is -1.18. The highest BCUT2D eigenvalue weighted by molar-refractivity contribution is 7.89. The van der Waals surface area contributed by atoms with Crippen molar-refractivity contribution >= 4 is 33.0 Å². The van der Waals surface area contributed by atoms with Gasteiger partial charge in [-0.3, -0.25) is 0 Å². The van der Waals surface area contributed by atoms with Crippen molar-refractivity contribution in [3.8, 4) is 0 Å². The van der Waals surface area contributed by atoms with Gasteiger partial charge >= 0.3 is 0 Å². The van der Waals surface area contributed by atoms with Gasteiger partial charge in [0.05, 0.1) is 4.90 Å². The van der Waals surface area contributed by atoms with E-state index in [-0.39, 0.29) is 0 Å². The molecule has 1 N–H and O–H groups in total. The Morgan fingerprint density at radius 1 is 1.08 bits per heavy atom. The van der Waals surface area contributed by atoms with E-state index in [9.17, 15) is 8.42 Å². The molecular formula is C17H25N3O2S2. The fraction of sp³-hybridized carbons (Fsp3) is 0.588. The molecular weight excluding hydrogens is 342 g/mol. The summed E-state index contributed by atoms with van der Waals surface area (Å²) in [5.41, 5.74) is 0.832. The lowest BCUT2D eigenvalue weighted by Crippen LogP contribution is -2.44. The lowest BCUT2D eigenvalue weighted by atomic mass is 10.0. The van der Waals surface area contributed by atoms with E-state index in [4.69, 9.17) is 12.2 Å². The maximum Gasteiger partial charge on any atom is 0.243 e. The molecule has 0 radical (unpaired) electrons. The zero-order valence-corrected chi connectivity index (χ0v) is 15.7. The largest absolute Gasteiger partial charge is 0.346 e. The van der Waals surface area contributed by atoms with Gasteiger partial charge in [-0.15, -0.1) is 0 Å². The molecule has 2 aliphatic rings. The second kappa shape index (κ2) is 7.37. The molecule has 7 heteroatoms. The molecule has 132 valence electrons. The highest BCUT2D eigenvalue weighted by Crippen LogP contribution is 2.23. The Kier molecular flexibility index (Phi) is 5.42. The monoisotopic (exact) mass is 367 g/mol. The molecule has 0 aliphatic carbocycles. The third kappa shape index (κ3) is 3.73. The van der Waals surface area contributed by atoms with Crippen molar-refractivity contribution in [2.45, 2.75) is 50.0 Å². The molecule has 24 heavy (non-hydrogen) atoms. The van der Waals surface area contributed by atoms with Gasteiger partial charge in [0, 0.05) is 31.4 Å². The third-order valence-electron chi connectivity index (χ3n) is 4.87. The maximum atomic E-state index is 12.5. The molecule has 0 saturated carbocycles. The number of hydrogen-bond donors (Lipinski definition) is 1. The Morgan fingerprint density at radius 3 is 2.33 bits per heavy atom. The van der Waals surface area contributed by atoms with Gasteiger partial charge in [-0.1, -0.05) is 0 Å². The number of nitrogens with one attached hydrogen (secondary N) is 1. The van der Waals surface area contributed by atoms with Crippen LogP contribution in [0.4, 0.5) is 5.69 Å². The molecule has 1 aromatic rings. The Bertz CT molecular complexity index is 682. The van der Waals surface area contributed by atoms with Gasteiger partial charge in [0.2, 0.25) is 10.0 Å². The summed E-state index contributed by atoms with van der Waals surface area (Å²) in [5, 5.41) is 3.96. The van der Waals surface area contributed by atoms with Crippen LogP contribution in [0.2, 0.25) is 0 Å². The van der Waals surface area contributed by atoms with Gasteiger partial charge in [-0.25, -0.2) is 8.42 Å². The topological polar surface area (TPSA) is 52.7 Å². The van der Waals surface area contributed by atoms with E-state index in [1.54, 1.807) is 28.6 Å². The number of sulfonamides is 1. The van der Waals surface area contributed by atoms with Crippen LogP contribution in [0, 0.1) is 0 Å².